The Morgan fingerprint density at radius 3 is 2.53 bits per heavy atom. The number of nitrogens with two attached hydrogens (primary N) is 1. The lowest BCUT2D eigenvalue weighted by Gasteiger charge is -2.30. The Morgan fingerprint density at radius 1 is 1.37 bits per heavy atom. The van der Waals surface area contributed by atoms with Gasteiger partial charge in [-0.3, -0.25) is 0 Å². The van der Waals surface area contributed by atoms with Crippen LogP contribution in [0.25, 0.3) is 0 Å². The van der Waals surface area contributed by atoms with E-state index in [0.29, 0.717) is 13.0 Å². The van der Waals surface area contributed by atoms with E-state index in [0.717, 1.165) is 32.0 Å². The molecule has 5 nitrogen and oxygen atoms in total. The molecule has 0 spiro atoms. The third-order valence-corrected chi connectivity index (χ3v) is 3.82. The average molecular weight is 269 g/mol. The van der Waals surface area contributed by atoms with Gasteiger partial charge in [-0.25, -0.2) is 4.79 Å². The third-order valence-electron chi connectivity index (χ3n) is 3.82. The van der Waals surface area contributed by atoms with Crippen molar-refractivity contribution in [3.8, 4) is 0 Å². The number of urea groups is 1. The molecular formula is C14H27N3O2. The van der Waals surface area contributed by atoms with Gasteiger partial charge in [-0.15, -0.1) is 0 Å². The minimum Gasteiger partial charge on any atom is -0.333 e. The van der Waals surface area contributed by atoms with Crippen LogP contribution < -0.4 is 16.4 Å². The van der Waals surface area contributed by atoms with Gasteiger partial charge in [0.25, 0.3) is 0 Å². The van der Waals surface area contributed by atoms with Crippen LogP contribution in [0, 0.1) is 5.92 Å². The lowest BCUT2D eigenvalue weighted by Crippen LogP contribution is -2.53. The fourth-order valence-electron chi connectivity index (χ4n) is 2.67. The number of hydrogen-bond acceptors (Lipinski definition) is 3. The molecule has 1 aliphatic rings. The lowest BCUT2D eigenvalue weighted by molar-refractivity contribution is -0.110. The molecule has 0 saturated heterocycles. The Hall–Kier alpha value is -1.10. The Bertz CT molecular complexity index is 299. The summed E-state index contributed by atoms with van der Waals surface area (Å²) in [4.78, 5) is 23.1. The smallest absolute Gasteiger partial charge is 0.315 e. The van der Waals surface area contributed by atoms with Crippen molar-refractivity contribution in [2.75, 3.05) is 6.54 Å². The van der Waals surface area contributed by atoms with E-state index in [1.54, 1.807) is 0 Å². The minimum absolute atomic E-state index is 0.277. The second kappa shape index (κ2) is 7.48. The number of nitrogens with one attached hydrogen (secondary N) is 2. The summed E-state index contributed by atoms with van der Waals surface area (Å²) in [5.74, 6) is 0.287. The first-order valence-electron chi connectivity index (χ1n) is 7.22. The number of hydrogen-bond donors (Lipinski definition) is 3. The van der Waals surface area contributed by atoms with Crippen molar-refractivity contribution < 1.29 is 9.59 Å². The standard InChI is InChI=1S/C14H27N3O2/c1-14(2,8-9-15)17-13(19)16-12(10-18)11-6-4-3-5-7-11/h10-12H,3-9,15H2,1-2H3,(H2,16,17,19). The summed E-state index contributed by atoms with van der Waals surface area (Å²) in [7, 11) is 0. The van der Waals surface area contributed by atoms with E-state index < -0.39 is 0 Å². The van der Waals surface area contributed by atoms with Crippen LogP contribution in [0.4, 0.5) is 4.79 Å². The van der Waals surface area contributed by atoms with E-state index >= 15 is 0 Å². The van der Waals surface area contributed by atoms with Crippen LogP contribution in [0.5, 0.6) is 0 Å². The van der Waals surface area contributed by atoms with Crippen LogP contribution in [0.3, 0.4) is 0 Å². The summed E-state index contributed by atoms with van der Waals surface area (Å²) in [5, 5.41) is 5.66. The molecule has 1 rings (SSSR count). The van der Waals surface area contributed by atoms with Gasteiger partial charge in [0, 0.05) is 5.54 Å². The Labute approximate surface area is 115 Å². The van der Waals surface area contributed by atoms with Crippen LogP contribution in [0.2, 0.25) is 0 Å². The molecule has 110 valence electrons. The van der Waals surface area contributed by atoms with Gasteiger partial charge in [-0.2, -0.15) is 0 Å². The molecule has 1 saturated carbocycles. The van der Waals surface area contributed by atoms with Crippen molar-refractivity contribution in [3.05, 3.63) is 0 Å². The highest BCUT2D eigenvalue weighted by Crippen LogP contribution is 2.25. The summed E-state index contributed by atoms with van der Waals surface area (Å²) in [6, 6.07) is -0.643. The molecule has 1 unspecified atom stereocenters. The summed E-state index contributed by atoms with van der Waals surface area (Å²) < 4.78 is 0. The molecule has 0 aliphatic heterocycles. The van der Waals surface area contributed by atoms with Crippen molar-refractivity contribution >= 4 is 12.3 Å². The molecule has 4 N–H and O–H groups in total. The van der Waals surface area contributed by atoms with E-state index in [1.165, 1.54) is 6.42 Å². The third kappa shape index (κ3) is 5.59. The highest BCUT2D eigenvalue weighted by atomic mass is 16.2. The highest BCUT2D eigenvalue weighted by Gasteiger charge is 2.26. The van der Waals surface area contributed by atoms with Crippen molar-refractivity contribution in [2.45, 2.75) is 64.0 Å². The number of carbonyl (C=O) groups excluding carboxylic acids is 2. The van der Waals surface area contributed by atoms with Crippen LogP contribution in [-0.2, 0) is 4.79 Å². The molecule has 1 atom stereocenters. The Kier molecular flexibility index (Phi) is 6.28. The second-order valence-electron chi connectivity index (χ2n) is 6.08. The molecule has 0 aromatic carbocycles. The minimum atomic E-state index is -0.367. The van der Waals surface area contributed by atoms with Gasteiger partial charge in [0.2, 0.25) is 0 Å². The first kappa shape index (κ1) is 16.0. The molecule has 19 heavy (non-hydrogen) atoms. The van der Waals surface area contributed by atoms with Crippen molar-refractivity contribution in [3.63, 3.8) is 0 Å². The maximum Gasteiger partial charge on any atom is 0.315 e. The highest BCUT2D eigenvalue weighted by molar-refractivity contribution is 5.78. The number of aldehydes is 1. The molecule has 1 aliphatic carbocycles. The molecule has 2 amide bonds. The van der Waals surface area contributed by atoms with E-state index in [9.17, 15) is 9.59 Å². The van der Waals surface area contributed by atoms with Crippen LogP contribution >= 0.6 is 0 Å². The molecular weight excluding hydrogens is 242 g/mol. The fourth-order valence-corrected chi connectivity index (χ4v) is 2.67. The Morgan fingerprint density at radius 2 is 2.00 bits per heavy atom. The van der Waals surface area contributed by atoms with Gasteiger partial charge in [0.1, 0.15) is 6.29 Å². The molecule has 5 heteroatoms. The van der Waals surface area contributed by atoms with E-state index in [1.807, 2.05) is 13.8 Å². The van der Waals surface area contributed by atoms with E-state index in [4.69, 9.17) is 5.73 Å². The quantitative estimate of drug-likeness (QED) is 0.640. The molecule has 1 fully saturated rings. The number of amides is 2. The van der Waals surface area contributed by atoms with Crippen molar-refractivity contribution in [2.24, 2.45) is 11.7 Å². The van der Waals surface area contributed by atoms with E-state index in [2.05, 4.69) is 10.6 Å². The summed E-state index contributed by atoms with van der Waals surface area (Å²) in [6.45, 7) is 4.37. The van der Waals surface area contributed by atoms with Gasteiger partial charge < -0.3 is 21.2 Å². The largest absolute Gasteiger partial charge is 0.333 e. The molecule has 0 aromatic rings. The normalized spacial score (nSPS) is 18.7. The van der Waals surface area contributed by atoms with Crippen LogP contribution in [0.1, 0.15) is 52.4 Å². The Balaban J connectivity index is 2.46. The first-order valence-corrected chi connectivity index (χ1v) is 7.22. The predicted molar refractivity (Wildman–Crippen MR) is 75.8 cm³/mol. The van der Waals surface area contributed by atoms with Gasteiger partial charge >= 0.3 is 6.03 Å². The second-order valence-corrected chi connectivity index (χ2v) is 6.08. The average Bonchev–Trinajstić information content (AvgIpc) is 2.36. The lowest BCUT2D eigenvalue weighted by atomic mass is 9.84. The zero-order chi connectivity index (χ0) is 14.3. The van der Waals surface area contributed by atoms with Gasteiger partial charge in [0.15, 0.2) is 0 Å². The molecule has 0 heterocycles. The molecule has 0 radical (unpaired) electrons. The number of rotatable bonds is 6. The van der Waals surface area contributed by atoms with Crippen LogP contribution in [0.15, 0.2) is 0 Å². The zero-order valence-electron chi connectivity index (χ0n) is 12.1. The van der Waals surface area contributed by atoms with Gasteiger partial charge in [-0.05, 0) is 45.6 Å². The summed E-state index contributed by atoms with van der Waals surface area (Å²) >= 11 is 0. The monoisotopic (exact) mass is 269 g/mol. The summed E-state index contributed by atoms with van der Waals surface area (Å²) in [6.07, 6.45) is 7.15. The molecule has 0 bridgehead atoms. The van der Waals surface area contributed by atoms with Gasteiger partial charge in [-0.1, -0.05) is 19.3 Å². The maximum absolute atomic E-state index is 11.9. The van der Waals surface area contributed by atoms with E-state index in [-0.39, 0.29) is 23.5 Å². The SMILES string of the molecule is CC(C)(CCN)NC(=O)NC(C=O)C1CCCCC1. The maximum atomic E-state index is 11.9. The fraction of sp³-hybridized carbons (Fsp3) is 0.857. The molecule has 0 aromatic heterocycles. The van der Waals surface area contributed by atoms with Gasteiger partial charge in [0.05, 0.1) is 6.04 Å². The predicted octanol–water partition coefficient (Wildman–Crippen LogP) is 1.56. The first-order chi connectivity index (χ1) is 8.98. The summed E-state index contributed by atoms with van der Waals surface area (Å²) in [5.41, 5.74) is 5.16. The number of carbonyl (C=O) groups is 2. The van der Waals surface area contributed by atoms with Crippen molar-refractivity contribution in [1.29, 1.82) is 0 Å². The zero-order valence-corrected chi connectivity index (χ0v) is 12.1. The topological polar surface area (TPSA) is 84.2 Å². The van der Waals surface area contributed by atoms with Crippen molar-refractivity contribution in [1.82, 2.24) is 10.6 Å². The van der Waals surface area contributed by atoms with Crippen LogP contribution in [-0.4, -0.2) is 30.4 Å².